The predicted octanol–water partition coefficient (Wildman–Crippen LogP) is 2.63. The van der Waals surface area contributed by atoms with E-state index in [2.05, 4.69) is 10.7 Å². The standard InChI is InChI=1S/C15H23NO3S/c1-5-19-14(18)12(15(2,3)4)13(17)16-8-6-11-7-9-20-10-11/h7,9-10,12H,5-6,8H2,1-4H3,(H,16,17). The second kappa shape index (κ2) is 7.43. The van der Waals surface area contributed by atoms with Gasteiger partial charge in [-0.1, -0.05) is 20.8 Å². The lowest BCUT2D eigenvalue weighted by molar-refractivity contribution is -0.156. The topological polar surface area (TPSA) is 55.4 Å². The summed E-state index contributed by atoms with van der Waals surface area (Å²) in [5, 5.41) is 6.89. The molecule has 4 nitrogen and oxygen atoms in total. The molecule has 1 N–H and O–H groups in total. The van der Waals surface area contributed by atoms with Crippen molar-refractivity contribution in [2.75, 3.05) is 13.2 Å². The fourth-order valence-electron chi connectivity index (χ4n) is 1.95. The number of nitrogens with one attached hydrogen (secondary N) is 1. The molecule has 1 heterocycles. The molecule has 1 rings (SSSR count). The first-order valence-corrected chi connectivity index (χ1v) is 7.76. The zero-order valence-electron chi connectivity index (χ0n) is 12.6. The van der Waals surface area contributed by atoms with E-state index in [1.165, 1.54) is 5.56 Å². The first-order valence-electron chi connectivity index (χ1n) is 6.81. The molecule has 0 radical (unpaired) electrons. The molecule has 0 fully saturated rings. The van der Waals surface area contributed by atoms with Gasteiger partial charge in [0.15, 0.2) is 0 Å². The van der Waals surface area contributed by atoms with Gasteiger partial charge in [0.1, 0.15) is 5.92 Å². The Morgan fingerprint density at radius 3 is 2.60 bits per heavy atom. The quantitative estimate of drug-likeness (QED) is 0.648. The zero-order chi connectivity index (χ0) is 15.2. The van der Waals surface area contributed by atoms with Gasteiger partial charge in [0, 0.05) is 6.54 Å². The molecule has 0 saturated carbocycles. The highest BCUT2D eigenvalue weighted by atomic mass is 32.1. The van der Waals surface area contributed by atoms with E-state index < -0.39 is 17.3 Å². The second-order valence-corrected chi connectivity index (χ2v) is 6.50. The van der Waals surface area contributed by atoms with Crippen LogP contribution in [-0.2, 0) is 20.7 Å². The Kier molecular flexibility index (Phi) is 6.20. The van der Waals surface area contributed by atoms with Crippen molar-refractivity contribution in [2.45, 2.75) is 34.1 Å². The number of carbonyl (C=O) groups is 2. The van der Waals surface area contributed by atoms with E-state index >= 15 is 0 Å². The number of esters is 1. The molecule has 0 aliphatic rings. The maximum absolute atomic E-state index is 12.2. The van der Waals surface area contributed by atoms with Crippen LogP contribution >= 0.6 is 11.3 Å². The predicted molar refractivity (Wildman–Crippen MR) is 80.6 cm³/mol. The van der Waals surface area contributed by atoms with Gasteiger partial charge < -0.3 is 10.1 Å². The lowest BCUT2D eigenvalue weighted by atomic mass is 9.80. The van der Waals surface area contributed by atoms with Crippen LogP contribution in [0.3, 0.4) is 0 Å². The number of carbonyl (C=O) groups excluding carboxylic acids is 2. The molecule has 1 aromatic heterocycles. The number of hydrogen-bond donors (Lipinski definition) is 1. The Morgan fingerprint density at radius 1 is 1.40 bits per heavy atom. The summed E-state index contributed by atoms with van der Waals surface area (Å²) in [5.41, 5.74) is 0.734. The Hall–Kier alpha value is -1.36. The summed E-state index contributed by atoms with van der Waals surface area (Å²) in [5.74, 6) is -1.48. The van der Waals surface area contributed by atoms with Crippen molar-refractivity contribution in [1.82, 2.24) is 5.32 Å². The highest BCUT2D eigenvalue weighted by molar-refractivity contribution is 7.07. The van der Waals surface area contributed by atoms with Crippen LogP contribution in [0.5, 0.6) is 0 Å². The van der Waals surface area contributed by atoms with E-state index in [9.17, 15) is 9.59 Å². The van der Waals surface area contributed by atoms with Gasteiger partial charge in [0.25, 0.3) is 0 Å². The van der Waals surface area contributed by atoms with Crippen molar-refractivity contribution >= 4 is 23.2 Å². The van der Waals surface area contributed by atoms with Crippen LogP contribution in [0.1, 0.15) is 33.3 Å². The largest absolute Gasteiger partial charge is 0.465 e. The van der Waals surface area contributed by atoms with Crippen molar-refractivity contribution in [3.63, 3.8) is 0 Å². The number of rotatable bonds is 6. The molecule has 0 aromatic carbocycles. The summed E-state index contributed by atoms with van der Waals surface area (Å²) in [6.45, 7) is 8.16. The van der Waals surface area contributed by atoms with Crippen molar-refractivity contribution in [2.24, 2.45) is 11.3 Å². The molecule has 0 aliphatic carbocycles. The van der Waals surface area contributed by atoms with Gasteiger partial charge in [0.2, 0.25) is 5.91 Å². The van der Waals surface area contributed by atoms with Gasteiger partial charge in [-0.2, -0.15) is 11.3 Å². The third-order valence-electron chi connectivity index (χ3n) is 2.94. The Labute approximate surface area is 124 Å². The van der Waals surface area contributed by atoms with E-state index in [0.29, 0.717) is 6.54 Å². The van der Waals surface area contributed by atoms with Gasteiger partial charge in [-0.3, -0.25) is 9.59 Å². The molecule has 5 heteroatoms. The minimum absolute atomic E-state index is 0.258. The van der Waals surface area contributed by atoms with Crippen LogP contribution in [-0.4, -0.2) is 25.0 Å². The van der Waals surface area contributed by atoms with Gasteiger partial charge in [-0.15, -0.1) is 0 Å². The molecule has 1 atom stereocenters. The molecule has 0 spiro atoms. The first-order chi connectivity index (χ1) is 9.36. The molecular weight excluding hydrogens is 274 g/mol. The van der Waals surface area contributed by atoms with Crippen molar-refractivity contribution in [3.05, 3.63) is 22.4 Å². The third-order valence-corrected chi connectivity index (χ3v) is 3.68. The summed E-state index contributed by atoms with van der Waals surface area (Å²) in [7, 11) is 0. The number of ether oxygens (including phenoxy) is 1. The fraction of sp³-hybridized carbons (Fsp3) is 0.600. The van der Waals surface area contributed by atoms with Gasteiger partial charge in [-0.05, 0) is 41.1 Å². The van der Waals surface area contributed by atoms with E-state index in [1.54, 1.807) is 18.3 Å². The van der Waals surface area contributed by atoms with Crippen LogP contribution in [0.15, 0.2) is 16.8 Å². The minimum atomic E-state index is -0.773. The van der Waals surface area contributed by atoms with Crippen LogP contribution in [0, 0.1) is 11.3 Å². The number of thiophene rings is 1. The summed E-state index contributed by atoms with van der Waals surface area (Å²) in [4.78, 5) is 24.2. The van der Waals surface area contributed by atoms with Crippen molar-refractivity contribution in [3.8, 4) is 0 Å². The summed E-state index contributed by atoms with van der Waals surface area (Å²) in [6, 6.07) is 2.03. The van der Waals surface area contributed by atoms with Crippen LogP contribution in [0.2, 0.25) is 0 Å². The molecule has 1 aromatic rings. The molecule has 1 amide bonds. The highest BCUT2D eigenvalue weighted by Gasteiger charge is 2.38. The normalized spacial score (nSPS) is 12.8. The van der Waals surface area contributed by atoms with Crippen LogP contribution < -0.4 is 5.32 Å². The van der Waals surface area contributed by atoms with Gasteiger partial charge in [0.05, 0.1) is 6.61 Å². The van der Waals surface area contributed by atoms with Gasteiger partial charge >= 0.3 is 5.97 Å². The Morgan fingerprint density at radius 2 is 2.10 bits per heavy atom. The molecule has 20 heavy (non-hydrogen) atoms. The van der Waals surface area contributed by atoms with Crippen LogP contribution in [0.4, 0.5) is 0 Å². The fourth-order valence-corrected chi connectivity index (χ4v) is 2.65. The molecule has 1 unspecified atom stereocenters. The van der Waals surface area contributed by atoms with Crippen molar-refractivity contribution in [1.29, 1.82) is 0 Å². The Balaban J connectivity index is 2.57. The lowest BCUT2D eigenvalue weighted by Gasteiger charge is -2.27. The summed E-state index contributed by atoms with van der Waals surface area (Å²) in [6.07, 6.45) is 0.773. The smallest absolute Gasteiger partial charge is 0.319 e. The lowest BCUT2D eigenvalue weighted by Crippen LogP contribution is -2.44. The van der Waals surface area contributed by atoms with Gasteiger partial charge in [-0.25, -0.2) is 0 Å². The van der Waals surface area contributed by atoms with E-state index in [1.807, 2.05) is 32.2 Å². The molecule has 0 aliphatic heterocycles. The second-order valence-electron chi connectivity index (χ2n) is 5.72. The third kappa shape index (κ3) is 4.96. The highest BCUT2D eigenvalue weighted by Crippen LogP contribution is 2.27. The van der Waals surface area contributed by atoms with Crippen LogP contribution in [0.25, 0.3) is 0 Å². The molecule has 0 bridgehead atoms. The maximum Gasteiger partial charge on any atom is 0.319 e. The van der Waals surface area contributed by atoms with E-state index in [0.717, 1.165) is 6.42 Å². The zero-order valence-corrected chi connectivity index (χ0v) is 13.4. The van der Waals surface area contributed by atoms with E-state index in [-0.39, 0.29) is 12.5 Å². The molecule has 112 valence electrons. The summed E-state index contributed by atoms with van der Waals surface area (Å²) < 4.78 is 5.01. The first kappa shape index (κ1) is 16.7. The van der Waals surface area contributed by atoms with Crippen molar-refractivity contribution < 1.29 is 14.3 Å². The summed E-state index contributed by atoms with van der Waals surface area (Å²) >= 11 is 1.63. The number of hydrogen-bond acceptors (Lipinski definition) is 4. The Bertz CT molecular complexity index is 434. The average molecular weight is 297 g/mol. The SMILES string of the molecule is CCOC(=O)C(C(=O)NCCc1ccsc1)C(C)(C)C. The molecular formula is C15H23NO3S. The van der Waals surface area contributed by atoms with E-state index in [4.69, 9.17) is 4.74 Å². The number of amides is 1. The minimum Gasteiger partial charge on any atom is -0.465 e. The maximum atomic E-state index is 12.2. The average Bonchev–Trinajstić information content (AvgIpc) is 2.80. The monoisotopic (exact) mass is 297 g/mol. The molecule has 0 saturated heterocycles.